The molecule has 1 aliphatic rings. The van der Waals surface area contributed by atoms with Crippen LogP contribution in [-0.4, -0.2) is 49.7 Å². The molecule has 0 spiro atoms. The van der Waals surface area contributed by atoms with Crippen LogP contribution in [0.5, 0.6) is 0 Å². The Morgan fingerprint density at radius 3 is 2.64 bits per heavy atom. The molecule has 10 heteroatoms. The first-order valence-corrected chi connectivity index (χ1v) is 10.7. The Hall–Kier alpha value is -1.45. The van der Waals surface area contributed by atoms with Crippen molar-refractivity contribution >= 4 is 50.4 Å². The summed E-state index contributed by atoms with van der Waals surface area (Å²) in [6.07, 6.45) is -0.886. The van der Waals surface area contributed by atoms with E-state index in [2.05, 4.69) is 5.32 Å². The SMILES string of the molecule is C[C@H](OC(=O)CCC(=O)c1ccc(Cl)s1)C(=O)N[C@@H]1CCS(=O)(=O)C1. The molecular weight excluding hydrogens is 390 g/mol. The number of thiophene rings is 1. The molecule has 1 saturated heterocycles. The van der Waals surface area contributed by atoms with Gasteiger partial charge in [0, 0.05) is 12.5 Å². The second-order valence-corrected chi connectivity index (χ2v) is 9.71. The van der Waals surface area contributed by atoms with Gasteiger partial charge in [-0.25, -0.2) is 8.42 Å². The smallest absolute Gasteiger partial charge is 0.307 e. The predicted molar refractivity (Wildman–Crippen MR) is 93.6 cm³/mol. The molecule has 0 aromatic carbocycles. The number of amides is 1. The number of carbonyl (C=O) groups excluding carboxylic acids is 3. The van der Waals surface area contributed by atoms with Gasteiger partial charge in [0.1, 0.15) is 0 Å². The van der Waals surface area contributed by atoms with Crippen molar-refractivity contribution in [2.45, 2.75) is 38.3 Å². The number of hydrogen-bond acceptors (Lipinski definition) is 7. The first kappa shape index (κ1) is 19.9. The van der Waals surface area contributed by atoms with Gasteiger partial charge < -0.3 is 10.1 Å². The van der Waals surface area contributed by atoms with Crippen molar-refractivity contribution in [3.63, 3.8) is 0 Å². The third-order valence-electron chi connectivity index (χ3n) is 3.66. The molecule has 1 fully saturated rings. The van der Waals surface area contributed by atoms with Gasteiger partial charge in [0.25, 0.3) is 5.91 Å². The summed E-state index contributed by atoms with van der Waals surface area (Å²) in [5.41, 5.74) is 0. The summed E-state index contributed by atoms with van der Waals surface area (Å²) in [5.74, 6) is -1.50. The molecule has 1 amide bonds. The highest BCUT2D eigenvalue weighted by atomic mass is 35.5. The number of sulfone groups is 1. The summed E-state index contributed by atoms with van der Waals surface area (Å²) in [7, 11) is -3.10. The molecule has 1 aromatic rings. The van der Waals surface area contributed by atoms with Gasteiger partial charge in [-0.3, -0.25) is 14.4 Å². The number of rotatable bonds is 7. The largest absolute Gasteiger partial charge is 0.453 e. The predicted octanol–water partition coefficient (Wildman–Crippen LogP) is 1.60. The highest BCUT2D eigenvalue weighted by Gasteiger charge is 2.30. The molecule has 0 radical (unpaired) electrons. The molecule has 0 bridgehead atoms. The molecule has 2 rings (SSSR count). The van der Waals surface area contributed by atoms with Gasteiger partial charge in [0.15, 0.2) is 21.7 Å². The molecule has 7 nitrogen and oxygen atoms in total. The van der Waals surface area contributed by atoms with Crippen molar-refractivity contribution in [3.05, 3.63) is 21.3 Å². The Morgan fingerprint density at radius 1 is 1.36 bits per heavy atom. The maximum absolute atomic E-state index is 11.9. The van der Waals surface area contributed by atoms with E-state index >= 15 is 0 Å². The number of Topliss-reactive ketones (excluding diaryl/α,β-unsaturated/α-hetero) is 1. The van der Waals surface area contributed by atoms with E-state index in [4.69, 9.17) is 16.3 Å². The fourth-order valence-corrected chi connectivity index (χ4v) is 5.02. The maximum atomic E-state index is 11.9. The lowest BCUT2D eigenvalue weighted by Crippen LogP contribution is -2.42. The van der Waals surface area contributed by atoms with E-state index < -0.39 is 33.9 Å². The zero-order valence-corrected chi connectivity index (χ0v) is 15.9. The highest BCUT2D eigenvalue weighted by molar-refractivity contribution is 7.91. The van der Waals surface area contributed by atoms with Crippen LogP contribution in [0.25, 0.3) is 0 Å². The number of halogens is 1. The van der Waals surface area contributed by atoms with E-state index in [-0.39, 0.29) is 30.1 Å². The summed E-state index contributed by atoms with van der Waals surface area (Å²) < 4.78 is 28.2. The Bertz CT molecular complexity index is 773. The van der Waals surface area contributed by atoms with Crippen molar-refractivity contribution in [2.75, 3.05) is 11.5 Å². The fourth-order valence-electron chi connectivity index (χ4n) is 2.34. The zero-order valence-electron chi connectivity index (χ0n) is 13.5. The lowest BCUT2D eigenvalue weighted by Gasteiger charge is -2.16. The van der Waals surface area contributed by atoms with Gasteiger partial charge in [-0.2, -0.15) is 0 Å². The van der Waals surface area contributed by atoms with Gasteiger partial charge in [0.05, 0.1) is 27.1 Å². The number of ketones is 1. The lowest BCUT2D eigenvalue weighted by atomic mass is 10.2. The van der Waals surface area contributed by atoms with Gasteiger partial charge in [-0.15, -0.1) is 11.3 Å². The average molecular weight is 408 g/mol. The van der Waals surface area contributed by atoms with E-state index in [0.717, 1.165) is 11.3 Å². The molecule has 0 aliphatic carbocycles. The van der Waals surface area contributed by atoms with Gasteiger partial charge in [-0.05, 0) is 25.5 Å². The minimum absolute atomic E-state index is 0.0368. The Labute approximate surface area is 154 Å². The van der Waals surface area contributed by atoms with E-state index in [1.807, 2.05) is 0 Å². The molecule has 25 heavy (non-hydrogen) atoms. The zero-order chi connectivity index (χ0) is 18.6. The van der Waals surface area contributed by atoms with Crippen LogP contribution < -0.4 is 5.32 Å². The average Bonchev–Trinajstić information content (AvgIpc) is 3.10. The second kappa shape index (κ2) is 8.29. The molecule has 1 aromatic heterocycles. The van der Waals surface area contributed by atoms with Gasteiger partial charge >= 0.3 is 5.97 Å². The quantitative estimate of drug-likeness (QED) is 0.543. The van der Waals surface area contributed by atoms with Crippen molar-refractivity contribution < 1.29 is 27.5 Å². The first-order chi connectivity index (χ1) is 11.7. The number of esters is 1. The van der Waals surface area contributed by atoms with Gasteiger partial charge in [0.2, 0.25) is 0 Å². The van der Waals surface area contributed by atoms with Crippen LogP contribution in [0, 0.1) is 0 Å². The van der Waals surface area contributed by atoms with Gasteiger partial charge in [-0.1, -0.05) is 11.6 Å². The van der Waals surface area contributed by atoms with Crippen LogP contribution in [0.1, 0.15) is 35.9 Å². The topological polar surface area (TPSA) is 107 Å². The van der Waals surface area contributed by atoms with Crippen LogP contribution in [-0.2, 0) is 24.2 Å². The normalized spacial score (nSPS) is 20.0. The standard InChI is InChI=1S/C15H18ClNO6S2/c1-9(15(20)17-10-6-7-25(21,22)8-10)23-14(19)5-2-11(18)12-3-4-13(16)24-12/h3-4,9-10H,2,5-8H2,1H3,(H,17,20)/t9-,10+/m0/s1. The van der Waals surface area contributed by atoms with Crippen LogP contribution in [0.15, 0.2) is 12.1 Å². The Kier molecular flexibility index (Phi) is 6.59. The molecular formula is C15H18ClNO6S2. The third-order valence-corrected chi connectivity index (χ3v) is 6.70. The number of nitrogens with one attached hydrogen (secondary N) is 1. The van der Waals surface area contributed by atoms with E-state index in [1.165, 1.54) is 6.92 Å². The lowest BCUT2D eigenvalue weighted by molar-refractivity contribution is -0.154. The minimum atomic E-state index is -3.10. The number of hydrogen-bond donors (Lipinski definition) is 1. The fraction of sp³-hybridized carbons (Fsp3) is 0.533. The maximum Gasteiger partial charge on any atom is 0.307 e. The summed E-state index contributed by atoms with van der Waals surface area (Å²) in [6.45, 7) is 1.40. The monoisotopic (exact) mass is 407 g/mol. The summed E-state index contributed by atoms with van der Waals surface area (Å²) in [6, 6.07) is 2.74. The number of ether oxygens (including phenoxy) is 1. The highest BCUT2D eigenvalue weighted by Crippen LogP contribution is 2.23. The number of carbonyl (C=O) groups is 3. The van der Waals surface area contributed by atoms with Crippen molar-refractivity contribution in [1.29, 1.82) is 0 Å². The van der Waals surface area contributed by atoms with Crippen LogP contribution in [0.4, 0.5) is 0 Å². The first-order valence-electron chi connectivity index (χ1n) is 7.65. The second-order valence-electron chi connectivity index (χ2n) is 5.77. The Balaban J connectivity index is 1.74. The van der Waals surface area contributed by atoms with Crippen molar-refractivity contribution in [1.82, 2.24) is 5.32 Å². The molecule has 1 N–H and O–H groups in total. The van der Waals surface area contributed by atoms with Crippen LogP contribution >= 0.6 is 22.9 Å². The van der Waals surface area contributed by atoms with Crippen molar-refractivity contribution in [3.8, 4) is 0 Å². The van der Waals surface area contributed by atoms with Crippen LogP contribution in [0.3, 0.4) is 0 Å². The minimum Gasteiger partial charge on any atom is -0.453 e. The van der Waals surface area contributed by atoms with E-state index in [0.29, 0.717) is 15.6 Å². The summed E-state index contributed by atoms with van der Waals surface area (Å²) in [4.78, 5) is 36.1. The molecule has 2 atom stereocenters. The molecule has 0 saturated carbocycles. The van der Waals surface area contributed by atoms with E-state index in [1.54, 1.807) is 12.1 Å². The summed E-state index contributed by atoms with van der Waals surface area (Å²) in [5, 5.41) is 2.56. The Morgan fingerprint density at radius 2 is 2.08 bits per heavy atom. The molecule has 0 unspecified atom stereocenters. The van der Waals surface area contributed by atoms with Crippen LogP contribution in [0.2, 0.25) is 4.34 Å². The molecule has 138 valence electrons. The van der Waals surface area contributed by atoms with E-state index in [9.17, 15) is 22.8 Å². The summed E-state index contributed by atoms with van der Waals surface area (Å²) >= 11 is 6.89. The van der Waals surface area contributed by atoms with Crippen molar-refractivity contribution in [2.24, 2.45) is 0 Å². The third kappa shape index (κ3) is 6.09. The molecule has 2 heterocycles. The molecule has 1 aliphatic heterocycles.